The Labute approximate surface area is 188 Å². The van der Waals surface area contributed by atoms with E-state index in [0.717, 1.165) is 17.6 Å². The number of amides is 1. The predicted molar refractivity (Wildman–Crippen MR) is 119 cm³/mol. The van der Waals surface area contributed by atoms with Gasteiger partial charge in [-0.25, -0.2) is 8.42 Å². The molecule has 0 aliphatic heterocycles. The SMILES string of the molecule is CCn1c(CCOC)nnc1SCC(=O)Nc1nnc(-c2ccc(S(C)(=O)=O)cc2)s1. The summed E-state index contributed by atoms with van der Waals surface area (Å²) in [7, 11) is -1.62. The molecular formula is C18H22N6O4S3. The second-order valence-corrected chi connectivity index (χ2v) is 10.4. The van der Waals surface area contributed by atoms with E-state index in [1.54, 1.807) is 19.2 Å². The Bertz CT molecular complexity index is 1140. The molecule has 0 saturated heterocycles. The van der Waals surface area contributed by atoms with Crippen LogP contribution in [-0.4, -0.2) is 65.0 Å². The van der Waals surface area contributed by atoms with E-state index in [1.165, 1.54) is 35.2 Å². The number of anilines is 1. The van der Waals surface area contributed by atoms with Crippen molar-refractivity contribution in [3.63, 3.8) is 0 Å². The second-order valence-electron chi connectivity index (χ2n) is 6.43. The molecule has 10 nitrogen and oxygen atoms in total. The van der Waals surface area contributed by atoms with Crippen molar-refractivity contribution in [2.24, 2.45) is 0 Å². The standard InChI is InChI=1S/C18H22N6O4S3/c1-4-24-14(9-10-28-2)20-23-18(24)29-11-15(25)19-17-22-21-16(30-17)12-5-7-13(8-6-12)31(3,26)27/h5-8H,4,9-11H2,1-3H3,(H,19,22,25). The number of hydrogen-bond acceptors (Lipinski definition) is 10. The quantitative estimate of drug-likeness (QED) is 0.432. The number of ether oxygens (including phenoxy) is 1. The number of carbonyl (C=O) groups is 1. The highest BCUT2D eigenvalue weighted by Crippen LogP contribution is 2.27. The smallest absolute Gasteiger partial charge is 0.236 e. The van der Waals surface area contributed by atoms with E-state index in [2.05, 4.69) is 25.7 Å². The summed E-state index contributed by atoms with van der Waals surface area (Å²) in [5, 5.41) is 20.7. The van der Waals surface area contributed by atoms with E-state index in [9.17, 15) is 13.2 Å². The normalized spacial score (nSPS) is 11.6. The van der Waals surface area contributed by atoms with E-state index in [4.69, 9.17) is 4.74 Å². The van der Waals surface area contributed by atoms with Crippen LogP contribution in [0.15, 0.2) is 34.3 Å². The third-order valence-corrected chi connectivity index (χ3v) is 7.16. The summed E-state index contributed by atoms with van der Waals surface area (Å²) in [6.45, 7) is 3.25. The van der Waals surface area contributed by atoms with Gasteiger partial charge in [0.2, 0.25) is 11.0 Å². The molecule has 2 heterocycles. The number of aromatic nitrogens is 5. The van der Waals surface area contributed by atoms with Gasteiger partial charge in [0.15, 0.2) is 15.0 Å². The van der Waals surface area contributed by atoms with Gasteiger partial charge in [-0.3, -0.25) is 10.1 Å². The molecule has 0 fully saturated rings. The van der Waals surface area contributed by atoms with Gasteiger partial charge < -0.3 is 9.30 Å². The number of thioether (sulfide) groups is 1. The van der Waals surface area contributed by atoms with Gasteiger partial charge in [0.25, 0.3) is 0 Å². The third kappa shape index (κ3) is 6.09. The molecule has 0 radical (unpaired) electrons. The Morgan fingerprint density at radius 1 is 1.19 bits per heavy atom. The van der Waals surface area contributed by atoms with E-state index >= 15 is 0 Å². The molecule has 1 aromatic carbocycles. The number of nitrogens with zero attached hydrogens (tertiary/aromatic N) is 5. The van der Waals surface area contributed by atoms with Crippen LogP contribution in [0.5, 0.6) is 0 Å². The number of rotatable bonds is 10. The molecule has 0 saturated carbocycles. The highest BCUT2D eigenvalue weighted by atomic mass is 32.2. The van der Waals surface area contributed by atoms with E-state index in [1.807, 2.05) is 11.5 Å². The van der Waals surface area contributed by atoms with Crippen molar-refractivity contribution in [3.05, 3.63) is 30.1 Å². The monoisotopic (exact) mass is 482 g/mol. The Balaban J connectivity index is 1.59. The fraction of sp³-hybridized carbons (Fsp3) is 0.389. The first-order valence-electron chi connectivity index (χ1n) is 9.29. The lowest BCUT2D eigenvalue weighted by Crippen LogP contribution is -2.14. The molecule has 0 spiro atoms. The summed E-state index contributed by atoms with van der Waals surface area (Å²) in [5.74, 6) is 0.743. The second kappa shape index (κ2) is 10.3. The number of hydrogen-bond donors (Lipinski definition) is 1. The number of carbonyl (C=O) groups excluding carboxylic acids is 1. The molecule has 0 aliphatic rings. The van der Waals surface area contributed by atoms with E-state index < -0.39 is 9.84 Å². The Morgan fingerprint density at radius 3 is 2.58 bits per heavy atom. The minimum Gasteiger partial charge on any atom is -0.384 e. The lowest BCUT2D eigenvalue weighted by molar-refractivity contribution is -0.113. The zero-order chi connectivity index (χ0) is 22.4. The fourth-order valence-corrected chi connectivity index (χ4v) is 4.86. The van der Waals surface area contributed by atoms with Crippen molar-refractivity contribution in [3.8, 4) is 10.6 Å². The number of sulfone groups is 1. The highest BCUT2D eigenvalue weighted by Gasteiger charge is 2.15. The van der Waals surface area contributed by atoms with Crippen LogP contribution in [0.3, 0.4) is 0 Å². The molecule has 0 atom stereocenters. The molecule has 0 aliphatic carbocycles. The zero-order valence-electron chi connectivity index (χ0n) is 17.2. The van der Waals surface area contributed by atoms with Crippen molar-refractivity contribution >= 4 is 44.0 Å². The molecule has 2 aromatic heterocycles. The molecule has 1 N–H and O–H groups in total. The van der Waals surface area contributed by atoms with Gasteiger partial charge in [-0.15, -0.1) is 20.4 Å². The molecule has 166 valence electrons. The maximum Gasteiger partial charge on any atom is 0.236 e. The van der Waals surface area contributed by atoms with Crippen LogP contribution in [0.4, 0.5) is 5.13 Å². The maximum atomic E-state index is 12.3. The maximum absolute atomic E-state index is 12.3. The lowest BCUT2D eigenvalue weighted by atomic mass is 10.2. The number of benzene rings is 1. The van der Waals surface area contributed by atoms with Gasteiger partial charge >= 0.3 is 0 Å². The molecule has 1 amide bonds. The van der Waals surface area contributed by atoms with E-state index in [-0.39, 0.29) is 16.6 Å². The van der Waals surface area contributed by atoms with Crippen LogP contribution in [0.2, 0.25) is 0 Å². The van der Waals surface area contributed by atoms with Gasteiger partial charge in [-0.1, -0.05) is 35.2 Å². The number of methoxy groups -OCH3 is 1. The van der Waals surface area contributed by atoms with Crippen molar-refractivity contribution in [1.82, 2.24) is 25.0 Å². The van der Waals surface area contributed by atoms with Gasteiger partial charge in [0.05, 0.1) is 17.3 Å². The first-order chi connectivity index (χ1) is 14.8. The first-order valence-corrected chi connectivity index (χ1v) is 13.0. The van der Waals surface area contributed by atoms with Crippen LogP contribution >= 0.6 is 23.1 Å². The van der Waals surface area contributed by atoms with Gasteiger partial charge in [0, 0.05) is 31.9 Å². The number of nitrogens with one attached hydrogen (secondary N) is 1. The minimum atomic E-state index is -3.26. The molecular weight excluding hydrogens is 460 g/mol. The van der Waals surface area contributed by atoms with Crippen molar-refractivity contribution in [2.75, 3.05) is 31.0 Å². The van der Waals surface area contributed by atoms with Gasteiger partial charge in [-0.05, 0) is 19.1 Å². The van der Waals surface area contributed by atoms with E-state index in [0.29, 0.717) is 34.9 Å². The van der Waals surface area contributed by atoms with Crippen molar-refractivity contribution < 1.29 is 17.9 Å². The van der Waals surface area contributed by atoms with Crippen molar-refractivity contribution in [2.45, 2.75) is 29.9 Å². The Hall–Kier alpha value is -2.35. The Morgan fingerprint density at radius 2 is 1.94 bits per heavy atom. The largest absolute Gasteiger partial charge is 0.384 e. The highest BCUT2D eigenvalue weighted by molar-refractivity contribution is 7.99. The lowest BCUT2D eigenvalue weighted by Gasteiger charge is -2.06. The summed E-state index contributed by atoms with van der Waals surface area (Å²) in [5.41, 5.74) is 0.722. The van der Waals surface area contributed by atoms with Crippen LogP contribution in [0, 0.1) is 0 Å². The van der Waals surface area contributed by atoms with Crippen LogP contribution in [0.1, 0.15) is 12.7 Å². The molecule has 31 heavy (non-hydrogen) atoms. The molecule has 13 heteroatoms. The first kappa shape index (κ1) is 23.3. The van der Waals surface area contributed by atoms with Gasteiger partial charge in [-0.2, -0.15) is 0 Å². The Kier molecular flexibility index (Phi) is 7.75. The molecule has 3 aromatic rings. The average molecular weight is 483 g/mol. The third-order valence-electron chi connectivity index (χ3n) is 4.17. The summed E-state index contributed by atoms with van der Waals surface area (Å²) in [6.07, 6.45) is 1.81. The van der Waals surface area contributed by atoms with Crippen molar-refractivity contribution in [1.29, 1.82) is 0 Å². The summed E-state index contributed by atoms with van der Waals surface area (Å²) in [4.78, 5) is 12.6. The molecule has 3 rings (SSSR count). The van der Waals surface area contributed by atoms with Crippen LogP contribution in [0.25, 0.3) is 10.6 Å². The summed E-state index contributed by atoms with van der Waals surface area (Å²) >= 11 is 2.51. The van der Waals surface area contributed by atoms with Crippen LogP contribution < -0.4 is 5.32 Å². The zero-order valence-corrected chi connectivity index (χ0v) is 19.7. The average Bonchev–Trinajstić information content (AvgIpc) is 3.36. The molecule has 0 bridgehead atoms. The van der Waals surface area contributed by atoms with Crippen LogP contribution in [-0.2, 0) is 32.3 Å². The predicted octanol–water partition coefficient (Wildman–Crippen LogP) is 2.14. The molecule has 0 unspecified atom stereocenters. The van der Waals surface area contributed by atoms with Gasteiger partial charge in [0.1, 0.15) is 10.8 Å². The summed E-state index contributed by atoms with van der Waals surface area (Å²) in [6, 6.07) is 6.37. The fourth-order valence-electron chi connectivity index (χ4n) is 2.64. The minimum absolute atomic E-state index is 0.153. The topological polar surface area (TPSA) is 129 Å². The summed E-state index contributed by atoms with van der Waals surface area (Å²) < 4.78 is 30.2.